The molecule has 0 atom stereocenters. The number of sulfonamides is 1. The number of ether oxygens (including phenoxy) is 3. The maximum Gasteiger partial charge on any atom is 0.312 e. The smallest absolute Gasteiger partial charge is 0.312 e. The molecule has 0 amide bonds. The molecule has 0 spiro atoms. The van der Waals surface area contributed by atoms with Gasteiger partial charge in [-0.1, -0.05) is 0 Å². The van der Waals surface area contributed by atoms with E-state index in [-0.39, 0.29) is 22.9 Å². The molecule has 1 aliphatic heterocycles. The Kier molecular flexibility index (Phi) is 7.26. The summed E-state index contributed by atoms with van der Waals surface area (Å²) in [7, 11) is -4.23. The van der Waals surface area contributed by atoms with Crippen molar-refractivity contribution in [3.05, 3.63) is 40.4 Å². The fourth-order valence-electron chi connectivity index (χ4n) is 3.25. The van der Waals surface area contributed by atoms with E-state index < -0.39 is 26.4 Å². The molecule has 32 heavy (non-hydrogen) atoms. The average molecular weight is 468 g/mol. The summed E-state index contributed by atoms with van der Waals surface area (Å²) in [6, 6.07) is 6.08. The highest BCUT2D eigenvalue weighted by molar-refractivity contribution is 7.92. The number of hydrogen-bond acceptors (Lipinski definition) is 9. The summed E-state index contributed by atoms with van der Waals surface area (Å²) in [5.74, 6) is 0.124. The second-order valence-corrected chi connectivity index (χ2v) is 8.48. The molecular formula is C20H25N3O8S. The molecule has 0 aromatic heterocycles. The fourth-order valence-corrected chi connectivity index (χ4v) is 4.33. The summed E-state index contributed by atoms with van der Waals surface area (Å²) in [6.45, 7) is 6.65. The molecule has 1 saturated heterocycles. The van der Waals surface area contributed by atoms with Crippen LogP contribution in [0, 0.1) is 10.1 Å². The monoisotopic (exact) mass is 467 g/mol. The molecular weight excluding hydrogens is 442 g/mol. The van der Waals surface area contributed by atoms with E-state index in [0.717, 1.165) is 23.9 Å². The number of rotatable bonds is 9. The Balaban J connectivity index is 2.03. The van der Waals surface area contributed by atoms with Crippen molar-refractivity contribution >= 4 is 27.1 Å². The van der Waals surface area contributed by atoms with E-state index >= 15 is 0 Å². The van der Waals surface area contributed by atoms with Crippen molar-refractivity contribution in [2.45, 2.75) is 18.7 Å². The van der Waals surface area contributed by atoms with Crippen molar-refractivity contribution in [1.29, 1.82) is 0 Å². The third-order valence-electron chi connectivity index (χ3n) is 4.71. The molecule has 2 N–H and O–H groups in total. The summed E-state index contributed by atoms with van der Waals surface area (Å²) in [4.78, 5) is 11.9. The number of morpholine rings is 1. The van der Waals surface area contributed by atoms with Gasteiger partial charge in [-0.2, -0.15) is 0 Å². The van der Waals surface area contributed by atoms with Crippen LogP contribution in [0.25, 0.3) is 0 Å². The van der Waals surface area contributed by atoms with Gasteiger partial charge in [0.1, 0.15) is 11.5 Å². The maximum atomic E-state index is 13.0. The molecule has 2 aromatic carbocycles. The lowest BCUT2D eigenvalue weighted by Crippen LogP contribution is -2.36. The van der Waals surface area contributed by atoms with Crippen LogP contribution >= 0.6 is 0 Å². The van der Waals surface area contributed by atoms with E-state index in [9.17, 15) is 23.6 Å². The zero-order valence-electron chi connectivity index (χ0n) is 17.7. The molecule has 174 valence electrons. The van der Waals surface area contributed by atoms with Gasteiger partial charge in [0.2, 0.25) is 0 Å². The number of anilines is 2. The SMILES string of the molecule is CCOc1cc(N2CCOCC2)c(OCC)cc1NS(=O)(=O)c1ccc(O)c([N+](=O)[O-])c1. The van der Waals surface area contributed by atoms with Gasteiger partial charge in [-0.05, 0) is 26.0 Å². The lowest BCUT2D eigenvalue weighted by Gasteiger charge is -2.31. The highest BCUT2D eigenvalue weighted by Crippen LogP contribution is 2.40. The van der Waals surface area contributed by atoms with Gasteiger partial charge >= 0.3 is 5.69 Å². The van der Waals surface area contributed by atoms with Gasteiger partial charge in [0.15, 0.2) is 5.75 Å². The standard InChI is InChI=1S/C20H25N3O8S/c1-3-30-19-13-17(22-7-9-29-10-8-22)20(31-4-2)12-15(19)21-32(27,28)14-5-6-18(24)16(11-14)23(25)26/h5-6,11-13,21,24H,3-4,7-10H2,1-2H3. The van der Waals surface area contributed by atoms with Crippen LogP contribution in [-0.2, 0) is 14.8 Å². The van der Waals surface area contributed by atoms with Crippen molar-refractivity contribution in [3.63, 3.8) is 0 Å². The summed E-state index contributed by atoms with van der Waals surface area (Å²) < 4.78 is 45.2. The van der Waals surface area contributed by atoms with Crippen molar-refractivity contribution in [1.82, 2.24) is 0 Å². The van der Waals surface area contributed by atoms with Gasteiger partial charge in [0.05, 0.1) is 47.6 Å². The van der Waals surface area contributed by atoms with Crippen LogP contribution in [0.5, 0.6) is 17.2 Å². The van der Waals surface area contributed by atoms with Crippen LogP contribution in [0.3, 0.4) is 0 Å². The second-order valence-electron chi connectivity index (χ2n) is 6.79. The highest BCUT2D eigenvalue weighted by atomic mass is 32.2. The minimum atomic E-state index is -4.23. The lowest BCUT2D eigenvalue weighted by atomic mass is 10.2. The number of nitro groups is 1. The largest absolute Gasteiger partial charge is 0.502 e. The van der Waals surface area contributed by atoms with Crippen molar-refractivity contribution in [3.8, 4) is 17.2 Å². The molecule has 1 fully saturated rings. The predicted molar refractivity (Wildman–Crippen MR) is 117 cm³/mol. The van der Waals surface area contributed by atoms with E-state index in [1.165, 1.54) is 6.07 Å². The Morgan fingerprint density at radius 3 is 2.41 bits per heavy atom. The molecule has 0 saturated carbocycles. The topological polar surface area (TPSA) is 140 Å². The lowest BCUT2D eigenvalue weighted by molar-refractivity contribution is -0.386. The van der Waals surface area contributed by atoms with E-state index in [2.05, 4.69) is 9.62 Å². The molecule has 11 nitrogen and oxygen atoms in total. The van der Waals surface area contributed by atoms with Gasteiger partial charge in [-0.15, -0.1) is 0 Å². The summed E-state index contributed by atoms with van der Waals surface area (Å²) in [5.41, 5.74) is 0.167. The zero-order chi connectivity index (χ0) is 23.3. The quantitative estimate of drug-likeness (QED) is 0.421. The second kappa shape index (κ2) is 9.92. The third-order valence-corrected chi connectivity index (χ3v) is 6.07. The van der Waals surface area contributed by atoms with Crippen molar-refractivity contribution in [2.24, 2.45) is 0 Å². The number of nitro benzene ring substituents is 1. The molecule has 12 heteroatoms. The predicted octanol–water partition coefficient (Wildman–Crippen LogP) is 2.74. The Hall–Kier alpha value is -3.25. The molecule has 2 aromatic rings. The van der Waals surface area contributed by atoms with Gasteiger partial charge in [-0.3, -0.25) is 14.8 Å². The maximum absolute atomic E-state index is 13.0. The summed E-state index contributed by atoms with van der Waals surface area (Å²) in [6.07, 6.45) is 0. The first kappa shape index (κ1) is 23.4. The molecule has 3 rings (SSSR count). The van der Waals surface area contributed by atoms with Crippen LogP contribution < -0.4 is 19.1 Å². The average Bonchev–Trinajstić information content (AvgIpc) is 2.76. The number of nitrogens with one attached hydrogen (secondary N) is 1. The van der Waals surface area contributed by atoms with Gasteiger partial charge in [0, 0.05) is 31.3 Å². The van der Waals surface area contributed by atoms with Crippen LogP contribution in [0.1, 0.15) is 13.8 Å². The highest BCUT2D eigenvalue weighted by Gasteiger charge is 2.25. The van der Waals surface area contributed by atoms with E-state index in [4.69, 9.17) is 14.2 Å². The van der Waals surface area contributed by atoms with Crippen LogP contribution in [0.15, 0.2) is 35.2 Å². The van der Waals surface area contributed by atoms with Gasteiger partial charge in [0.25, 0.3) is 10.0 Å². The molecule has 0 aliphatic carbocycles. The molecule has 0 radical (unpaired) electrons. The molecule has 1 heterocycles. The van der Waals surface area contributed by atoms with Crippen molar-refractivity contribution < 1.29 is 32.7 Å². The number of nitrogens with zero attached hydrogens (tertiary/aromatic N) is 2. The van der Waals surface area contributed by atoms with E-state index in [1.54, 1.807) is 13.0 Å². The Bertz CT molecular complexity index is 1080. The first-order valence-electron chi connectivity index (χ1n) is 10.0. The van der Waals surface area contributed by atoms with E-state index in [1.807, 2.05) is 6.92 Å². The van der Waals surface area contributed by atoms with Crippen molar-refractivity contribution in [2.75, 3.05) is 49.1 Å². The minimum absolute atomic E-state index is 0.128. The number of phenolic OH excluding ortho intramolecular Hbond substituents is 1. The van der Waals surface area contributed by atoms with E-state index in [0.29, 0.717) is 38.7 Å². The third kappa shape index (κ3) is 5.14. The number of phenols is 1. The summed E-state index contributed by atoms with van der Waals surface area (Å²) in [5, 5.41) is 20.7. The molecule has 0 bridgehead atoms. The first-order chi connectivity index (χ1) is 15.3. The minimum Gasteiger partial charge on any atom is -0.502 e. The Labute approximate surface area is 185 Å². The number of aromatic hydroxyl groups is 1. The van der Waals surface area contributed by atoms with Crippen LogP contribution in [0.4, 0.5) is 17.1 Å². The Morgan fingerprint density at radius 2 is 1.78 bits per heavy atom. The zero-order valence-corrected chi connectivity index (χ0v) is 18.6. The summed E-state index contributed by atoms with van der Waals surface area (Å²) >= 11 is 0. The molecule has 1 aliphatic rings. The normalized spacial score (nSPS) is 14.1. The van der Waals surface area contributed by atoms with Crippen LogP contribution in [0.2, 0.25) is 0 Å². The fraction of sp³-hybridized carbons (Fsp3) is 0.400. The Morgan fingerprint density at radius 1 is 1.12 bits per heavy atom. The first-order valence-corrected chi connectivity index (χ1v) is 11.5. The van der Waals surface area contributed by atoms with Gasteiger partial charge < -0.3 is 24.2 Å². The molecule has 0 unspecified atom stereocenters. The van der Waals surface area contributed by atoms with Crippen LogP contribution in [-0.4, -0.2) is 58.0 Å². The number of hydrogen-bond donors (Lipinski definition) is 2. The number of benzene rings is 2. The van der Waals surface area contributed by atoms with Gasteiger partial charge in [-0.25, -0.2) is 8.42 Å².